The van der Waals surface area contributed by atoms with E-state index in [0.717, 1.165) is 30.0 Å². The van der Waals surface area contributed by atoms with Crippen molar-refractivity contribution in [3.8, 4) is 11.1 Å². The van der Waals surface area contributed by atoms with E-state index < -0.39 is 44.9 Å². The minimum Gasteiger partial charge on any atom is -0.352 e. The second-order valence-corrected chi connectivity index (χ2v) is 13.6. The van der Waals surface area contributed by atoms with Gasteiger partial charge in [0, 0.05) is 59.2 Å². The molecule has 15 heteroatoms. The number of thioether (sulfide) groups is 1. The fourth-order valence-electron chi connectivity index (χ4n) is 6.05. The molecule has 2 aromatic carbocycles. The summed E-state index contributed by atoms with van der Waals surface area (Å²) in [7, 11) is -3.98. The average Bonchev–Trinajstić information content (AvgIpc) is 3.09. The number of hydrogen-bond acceptors (Lipinski definition) is 7. The molecular weight excluding hydrogens is 610 g/mol. The molecule has 230 valence electrons. The number of sulfonamides is 1. The highest BCUT2D eigenvalue weighted by molar-refractivity contribution is 7.99. The summed E-state index contributed by atoms with van der Waals surface area (Å²) >= 11 is 0.995. The van der Waals surface area contributed by atoms with Crippen molar-refractivity contribution >= 4 is 44.4 Å². The van der Waals surface area contributed by atoms with Gasteiger partial charge in [-0.05, 0) is 43.7 Å². The van der Waals surface area contributed by atoms with Gasteiger partial charge in [-0.1, -0.05) is 18.7 Å². The van der Waals surface area contributed by atoms with E-state index in [0.29, 0.717) is 0 Å². The molecule has 1 fully saturated rings. The Kier molecular flexibility index (Phi) is 8.11. The van der Waals surface area contributed by atoms with Gasteiger partial charge in [0.1, 0.15) is 11.6 Å². The SMILES string of the molecule is C=CC(=O)N1[C@H](C)CN(c2nc(=O)n3c4c(c(-c5ccc(F)cc5)c(C(F)(F)F)cc24)SC[C@@H](CS(N)(=O)=O)C3)C[C@@H]1C. The lowest BCUT2D eigenvalue weighted by atomic mass is 9.96. The first-order valence-electron chi connectivity index (χ1n) is 13.4. The highest BCUT2D eigenvalue weighted by atomic mass is 32.2. The number of aromatic nitrogens is 2. The Morgan fingerprint density at radius 3 is 2.35 bits per heavy atom. The maximum atomic E-state index is 14.8. The summed E-state index contributed by atoms with van der Waals surface area (Å²) in [6.45, 7) is 7.35. The summed E-state index contributed by atoms with van der Waals surface area (Å²) in [5, 5.41) is 5.35. The maximum Gasteiger partial charge on any atom is 0.417 e. The summed E-state index contributed by atoms with van der Waals surface area (Å²) < 4.78 is 83.4. The summed E-state index contributed by atoms with van der Waals surface area (Å²) in [4.78, 5) is 33.8. The summed E-state index contributed by atoms with van der Waals surface area (Å²) in [5.41, 5.74) is -1.75. The third kappa shape index (κ3) is 6.02. The van der Waals surface area contributed by atoms with E-state index in [1.54, 1.807) is 23.6 Å². The number of carbonyl (C=O) groups excluding carboxylic acids is 1. The van der Waals surface area contributed by atoms with Gasteiger partial charge in [-0.25, -0.2) is 22.7 Å². The molecule has 3 aromatic rings. The van der Waals surface area contributed by atoms with Crippen molar-refractivity contribution in [2.45, 2.75) is 43.5 Å². The van der Waals surface area contributed by atoms with Gasteiger partial charge in [-0.15, -0.1) is 11.8 Å². The van der Waals surface area contributed by atoms with E-state index in [-0.39, 0.29) is 76.1 Å². The van der Waals surface area contributed by atoms with Crippen molar-refractivity contribution in [1.29, 1.82) is 0 Å². The van der Waals surface area contributed by atoms with Crippen LogP contribution in [0.2, 0.25) is 0 Å². The van der Waals surface area contributed by atoms with Crippen LogP contribution in [0.1, 0.15) is 19.4 Å². The number of nitrogens with zero attached hydrogens (tertiary/aromatic N) is 4. The predicted molar refractivity (Wildman–Crippen MR) is 157 cm³/mol. The fraction of sp³-hybridized carbons (Fsp3) is 0.393. The topological polar surface area (TPSA) is 119 Å². The lowest BCUT2D eigenvalue weighted by Gasteiger charge is -2.44. The molecule has 0 spiro atoms. The van der Waals surface area contributed by atoms with Crippen molar-refractivity contribution in [3.63, 3.8) is 0 Å². The van der Waals surface area contributed by atoms with E-state index in [2.05, 4.69) is 11.6 Å². The van der Waals surface area contributed by atoms with Gasteiger partial charge in [0.05, 0.1) is 16.8 Å². The summed E-state index contributed by atoms with van der Waals surface area (Å²) in [6, 6.07) is 4.77. The number of piperazine rings is 1. The van der Waals surface area contributed by atoms with Crippen LogP contribution >= 0.6 is 11.8 Å². The Morgan fingerprint density at radius 2 is 1.79 bits per heavy atom. The molecule has 0 bridgehead atoms. The standard InChI is InChI=1S/C28H29F4N5O4S2/c1-4-22(38)37-15(2)10-35(11-16(37)3)26-20-9-21(28(30,31)32)23(18-5-7-19(29)8-6-18)25-24(20)36(27(39)34-26)12-17(13-42-25)14-43(33,40)41/h4-9,15-17H,1,10-14H2,2-3H3,(H2,33,40,41)/t15-,16+,17-/m0/s1. The maximum absolute atomic E-state index is 14.8. The monoisotopic (exact) mass is 639 g/mol. The van der Waals surface area contributed by atoms with Crippen LogP contribution in [0.4, 0.5) is 23.4 Å². The Bertz CT molecular complexity index is 1770. The van der Waals surface area contributed by atoms with E-state index >= 15 is 0 Å². The molecule has 43 heavy (non-hydrogen) atoms. The number of hydrogen-bond donors (Lipinski definition) is 1. The zero-order valence-electron chi connectivity index (χ0n) is 23.3. The van der Waals surface area contributed by atoms with Crippen LogP contribution in [0.3, 0.4) is 0 Å². The molecule has 0 saturated carbocycles. The van der Waals surface area contributed by atoms with Crippen molar-refractivity contribution in [2.24, 2.45) is 11.1 Å². The van der Waals surface area contributed by atoms with Gasteiger partial charge in [0.25, 0.3) is 0 Å². The largest absolute Gasteiger partial charge is 0.417 e. The second kappa shape index (κ2) is 11.2. The van der Waals surface area contributed by atoms with Crippen LogP contribution < -0.4 is 15.7 Å². The minimum absolute atomic E-state index is 0.0311. The van der Waals surface area contributed by atoms with Crippen LogP contribution in [0.15, 0.2) is 52.7 Å². The predicted octanol–water partition coefficient (Wildman–Crippen LogP) is 3.84. The molecule has 1 amide bonds. The van der Waals surface area contributed by atoms with E-state index in [1.807, 2.05) is 0 Å². The third-order valence-corrected chi connectivity index (χ3v) is 9.92. The molecule has 0 radical (unpaired) electrons. The van der Waals surface area contributed by atoms with Gasteiger partial charge in [-0.2, -0.15) is 18.2 Å². The molecule has 3 atom stereocenters. The van der Waals surface area contributed by atoms with Gasteiger partial charge in [0.15, 0.2) is 0 Å². The first kappa shape index (κ1) is 31.0. The Hall–Kier alpha value is -3.43. The summed E-state index contributed by atoms with van der Waals surface area (Å²) in [5.74, 6) is -2.04. The number of amides is 1. The van der Waals surface area contributed by atoms with Gasteiger partial charge in [0.2, 0.25) is 15.9 Å². The zero-order valence-corrected chi connectivity index (χ0v) is 24.9. The number of carbonyl (C=O) groups is 1. The molecule has 2 aliphatic rings. The number of benzene rings is 2. The highest BCUT2D eigenvalue weighted by Crippen LogP contribution is 2.48. The lowest BCUT2D eigenvalue weighted by Crippen LogP contribution is -2.58. The molecule has 2 N–H and O–H groups in total. The Morgan fingerprint density at radius 1 is 1.16 bits per heavy atom. The first-order chi connectivity index (χ1) is 20.1. The van der Waals surface area contributed by atoms with E-state index in [9.17, 15) is 35.6 Å². The molecule has 3 heterocycles. The fourth-order valence-corrected chi connectivity index (χ4v) is 8.43. The molecular formula is C28H29F4N5O4S2. The summed E-state index contributed by atoms with van der Waals surface area (Å²) in [6.07, 6.45) is -3.66. The number of rotatable bonds is 5. The van der Waals surface area contributed by atoms with E-state index in [1.165, 1.54) is 22.8 Å². The van der Waals surface area contributed by atoms with Gasteiger partial charge in [-0.3, -0.25) is 9.36 Å². The zero-order chi connectivity index (χ0) is 31.4. The van der Waals surface area contributed by atoms with Crippen LogP contribution in [0.25, 0.3) is 22.0 Å². The minimum atomic E-state index is -4.85. The second-order valence-electron chi connectivity index (χ2n) is 10.9. The number of anilines is 1. The smallest absolute Gasteiger partial charge is 0.352 e. The van der Waals surface area contributed by atoms with E-state index in [4.69, 9.17) is 5.14 Å². The van der Waals surface area contributed by atoms with Crippen molar-refractivity contribution in [1.82, 2.24) is 14.5 Å². The van der Waals surface area contributed by atoms with Gasteiger partial charge >= 0.3 is 11.9 Å². The highest BCUT2D eigenvalue weighted by Gasteiger charge is 2.40. The van der Waals surface area contributed by atoms with Crippen LogP contribution in [-0.2, 0) is 27.5 Å². The molecule has 0 unspecified atom stereocenters. The van der Waals surface area contributed by atoms with Crippen molar-refractivity contribution in [2.75, 3.05) is 29.5 Å². The molecule has 1 aromatic heterocycles. The number of halogens is 4. The van der Waals surface area contributed by atoms with Crippen LogP contribution in [-0.4, -0.2) is 65.5 Å². The van der Waals surface area contributed by atoms with Crippen LogP contribution in [0, 0.1) is 11.7 Å². The number of alkyl halides is 3. The molecule has 9 nitrogen and oxygen atoms in total. The number of primary sulfonamides is 1. The lowest BCUT2D eigenvalue weighted by molar-refractivity contribution is -0.137. The number of nitrogens with two attached hydrogens (primary N) is 1. The molecule has 2 aliphatic heterocycles. The third-order valence-electron chi connectivity index (χ3n) is 7.66. The van der Waals surface area contributed by atoms with Crippen molar-refractivity contribution < 1.29 is 30.8 Å². The Balaban J connectivity index is 1.81. The van der Waals surface area contributed by atoms with Crippen molar-refractivity contribution in [3.05, 3.63) is 64.9 Å². The molecule has 0 aliphatic carbocycles. The Labute approximate surface area is 249 Å². The quantitative estimate of drug-likeness (QED) is 0.333. The van der Waals surface area contributed by atoms with Gasteiger partial charge < -0.3 is 9.80 Å². The normalized spacial score (nSPS) is 21.1. The van der Waals surface area contributed by atoms with Crippen LogP contribution in [0.5, 0.6) is 0 Å². The average molecular weight is 640 g/mol. The molecule has 1 saturated heterocycles. The molecule has 5 rings (SSSR count). The first-order valence-corrected chi connectivity index (χ1v) is 16.1.